The smallest absolute Gasteiger partial charge is 0.191 e. The summed E-state index contributed by atoms with van der Waals surface area (Å²) < 4.78 is 5.64. The molecule has 1 aromatic heterocycles. The fraction of sp³-hybridized carbons (Fsp3) is 0.778. The second-order valence-corrected chi connectivity index (χ2v) is 7.34. The summed E-state index contributed by atoms with van der Waals surface area (Å²) in [4.78, 5) is 9.11. The molecule has 0 bridgehead atoms. The minimum absolute atomic E-state index is 0. The molecule has 144 valence electrons. The Morgan fingerprint density at radius 2 is 2.16 bits per heavy atom. The monoisotopic (exact) mass is 480 g/mol. The molecular weight excluding hydrogens is 447 g/mol. The quantitative estimate of drug-likeness (QED) is 0.207. The maximum Gasteiger partial charge on any atom is 0.191 e. The standard InChI is InChI=1S/C18H32N4OS.HI/c1-3-19-18(21-11-6-12-23-13-16-8-9-16)20-10-5-4-7-17-22-15(2)14-24-17;/h14,16H,3-13H2,1-2H3,(H2,19,20,21);1H. The van der Waals surface area contributed by atoms with Crippen molar-refractivity contribution in [2.75, 3.05) is 32.8 Å². The average Bonchev–Trinajstić information content (AvgIpc) is 3.31. The number of rotatable bonds is 12. The van der Waals surface area contributed by atoms with E-state index in [1.165, 1.54) is 17.8 Å². The highest BCUT2D eigenvalue weighted by Gasteiger charge is 2.20. The normalized spacial score (nSPS) is 14.2. The lowest BCUT2D eigenvalue weighted by molar-refractivity contribution is 0.123. The van der Waals surface area contributed by atoms with E-state index in [-0.39, 0.29) is 24.0 Å². The summed E-state index contributed by atoms with van der Waals surface area (Å²) >= 11 is 1.77. The van der Waals surface area contributed by atoms with Crippen molar-refractivity contribution in [2.24, 2.45) is 10.9 Å². The van der Waals surface area contributed by atoms with Gasteiger partial charge in [0.1, 0.15) is 0 Å². The Morgan fingerprint density at radius 3 is 2.84 bits per heavy atom. The van der Waals surface area contributed by atoms with Crippen molar-refractivity contribution in [2.45, 2.75) is 52.4 Å². The number of unbranched alkanes of at least 4 members (excludes halogenated alkanes) is 1. The summed E-state index contributed by atoms with van der Waals surface area (Å²) in [6, 6.07) is 0. The van der Waals surface area contributed by atoms with E-state index < -0.39 is 0 Å². The fourth-order valence-corrected chi connectivity index (χ4v) is 3.18. The largest absolute Gasteiger partial charge is 0.381 e. The van der Waals surface area contributed by atoms with Crippen molar-refractivity contribution in [1.82, 2.24) is 15.6 Å². The predicted octanol–water partition coefficient (Wildman–Crippen LogP) is 3.76. The van der Waals surface area contributed by atoms with E-state index in [1.807, 2.05) is 0 Å². The Balaban J connectivity index is 0.00000312. The number of aliphatic imine (C=N–C) groups is 1. The van der Waals surface area contributed by atoms with Gasteiger partial charge in [0.05, 0.1) is 5.01 Å². The Hall–Kier alpha value is -0.410. The van der Waals surface area contributed by atoms with Crippen LogP contribution in [0.25, 0.3) is 0 Å². The molecule has 7 heteroatoms. The van der Waals surface area contributed by atoms with E-state index >= 15 is 0 Å². The molecular formula is C18H33IN4OS. The molecule has 1 aliphatic carbocycles. The van der Waals surface area contributed by atoms with Crippen LogP contribution in [0.15, 0.2) is 10.4 Å². The lowest BCUT2D eigenvalue weighted by Gasteiger charge is -2.11. The van der Waals surface area contributed by atoms with Gasteiger partial charge in [-0.25, -0.2) is 4.98 Å². The first-order valence-electron chi connectivity index (χ1n) is 9.29. The molecule has 1 aliphatic rings. The molecule has 1 saturated carbocycles. The van der Waals surface area contributed by atoms with Gasteiger partial charge in [-0.2, -0.15) is 0 Å². The average molecular weight is 480 g/mol. The Labute approximate surface area is 173 Å². The van der Waals surface area contributed by atoms with Crippen LogP contribution >= 0.6 is 35.3 Å². The highest BCUT2D eigenvalue weighted by molar-refractivity contribution is 14.0. The van der Waals surface area contributed by atoms with Crippen LogP contribution in [0.4, 0.5) is 0 Å². The molecule has 1 heterocycles. The second-order valence-electron chi connectivity index (χ2n) is 6.40. The van der Waals surface area contributed by atoms with Gasteiger partial charge in [-0.15, -0.1) is 35.3 Å². The van der Waals surface area contributed by atoms with E-state index in [0.29, 0.717) is 0 Å². The summed E-state index contributed by atoms with van der Waals surface area (Å²) in [5.41, 5.74) is 1.14. The number of aromatic nitrogens is 1. The number of hydrogen-bond donors (Lipinski definition) is 2. The Kier molecular flexibility index (Phi) is 12.4. The molecule has 25 heavy (non-hydrogen) atoms. The highest BCUT2D eigenvalue weighted by atomic mass is 127. The molecule has 0 atom stereocenters. The summed E-state index contributed by atoms with van der Waals surface area (Å²) in [6.45, 7) is 8.58. The molecule has 0 spiro atoms. The molecule has 2 rings (SSSR count). The van der Waals surface area contributed by atoms with Crippen LogP contribution in [-0.4, -0.2) is 43.8 Å². The van der Waals surface area contributed by atoms with Gasteiger partial charge in [0.2, 0.25) is 0 Å². The van der Waals surface area contributed by atoms with Crippen molar-refractivity contribution in [3.63, 3.8) is 0 Å². The maximum atomic E-state index is 5.64. The minimum Gasteiger partial charge on any atom is -0.381 e. The van der Waals surface area contributed by atoms with Gasteiger partial charge < -0.3 is 15.4 Å². The van der Waals surface area contributed by atoms with E-state index in [9.17, 15) is 0 Å². The van der Waals surface area contributed by atoms with Crippen molar-refractivity contribution < 1.29 is 4.74 Å². The minimum atomic E-state index is 0. The number of ether oxygens (including phenoxy) is 1. The van der Waals surface area contributed by atoms with E-state index in [1.54, 1.807) is 11.3 Å². The van der Waals surface area contributed by atoms with Crippen LogP contribution in [-0.2, 0) is 11.2 Å². The molecule has 1 fully saturated rings. The van der Waals surface area contributed by atoms with Crippen LogP contribution in [0, 0.1) is 12.8 Å². The van der Waals surface area contributed by atoms with Gasteiger partial charge in [0.15, 0.2) is 5.96 Å². The van der Waals surface area contributed by atoms with Gasteiger partial charge in [-0.1, -0.05) is 0 Å². The lowest BCUT2D eigenvalue weighted by Crippen LogP contribution is -2.37. The third kappa shape index (κ3) is 11.0. The number of halogens is 1. The SMILES string of the molecule is CCNC(=NCCCOCC1CC1)NCCCCc1nc(C)cs1.I. The van der Waals surface area contributed by atoms with Crippen LogP contribution in [0.5, 0.6) is 0 Å². The first-order chi connectivity index (χ1) is 11.8. The molecule has 0 saturated heterocycles. The number of guanidine groups is 1. The highest BCUT2D eigenvalue weighted by Crippen LogP contribution is 2.28. The molecule has 0 radical (unpaired) electrons. The molecule has 2 N–H and O–H groups in total. The van der Waals surface area contributed by atoms with Gasteiger partial charge in [-0.05, 0) is 58.3 Å². The van der Waals surface area contributed by atoms with Crippen LogP contribution in [0.2, 0.25) is 0 Å². The summed E-state index contributed by atoms with van der Waals surface area (Å²) in [5, 5.41) is 10.1. The van der Waals surface area contributed by atoms with Crippen LogP contribution < -0.4 is 10.6 Å². The van der Waals surface area contributed by atoms with E-state index in [0.717, 1.165) is 76.1 Å². The lowest BCUT2D eigenvalue weighted by atomic mass is 10.2. The third-order valence-corrected chi connectivity index (χ3v) is 4.91. The second kappa shape index (κ2) is 13.7. The zero-order chi connectivity index (χ0) is 17.0. The van der Waals surface area contributed by atoms with Gasteiger partial charge >= 0.3 is 0 Å². The van der Waals surface area contributed by atoms with Crippen LogP contribution in [0.1, 0.15) is 49.7 Å². The number of hydrogen-bond acceptors (Lipinski definition) is 4. The van der Waals surface area contributed by atoms with Gasteiger partial charge in [0.25, 0.3) is 0 Å². The third-order valence-electron chi connectivity index (χ3n) is 3.89. The topological polar surface area (TPSA) is 58.5 Å². The summed E-state index contributed by atoms with van der Waals surface area (Å²) in [5.74, 6) is 1.77. The molecule has 0 aromatic carbocycles. The molecule has 1 aromatic rings. The zero-order valence-corrected chi connectivity index (χ0v) is 18.7. The van der Waals surface area contributed by atoms with E-state index in [2.05, 4.69) is 39.8 Å². The first kappa shape index (κ1) is 22.6. The number of nitrogens with one attached hydrogen (secondary N) is 2. The zero-order valence-electron chi connectivity index (χ0n) is 15.6. The fourth-order valence-electron chi connectivity index (χ4n) is 2.36. The van der Waals surface area contributed by atoms with Gasteiger partial charge in [0, 0.05) is 43.9 Å². The van der Waals surface area contributed by atoms with E-state index in [4.69, 9.17) is 4.74 Å². The Morgan fingerprint density at radius 1 is 1.32 bits per heavy atom. The molecule has 0 unspecified atom stereocenters. The van der Waals surface area contributed by atoms with Crippen LogP contribution in [0.3, 0.4) is 0 Å². The summed E-state index contributed by atoms with van der Waals surface area (Å²) in [6.07, 6.45) is 7.07. The number of aryl methyl sites for hydroxylation is 2. The first-order valence-corrected chi connectivity index (χ1v) is 10.2. The van der Waals surface area contributed by atoms with Crippen molar-refractivity contribution >= 4 is 41.3 Å². The predicted molar refractivity (Wildman–Crippen MR) is 117 cm³/mol. The molecule has 0 aliphatic heterocycles. The Bertz CT molecular complexity index is 491. The van der Waals surface area contributed by atoms with Crippen molar-refractivity contribution in [3.8, 4) is 0 Å². The molecule has 5 nitrogen and oxygen atoms in total. The number of thiazole rings is 1. The number of nitrogens with zero attached hydrogens (tertiary/aromatic N) is 2. The summed E-state index contributed by atoms with van der Waals surface area (Å²) in [7, 11) is 0. The maximum absolute atomic E-state index is 5.64. The van der Waals surface area contributed by atoms with Crippen molar-refractivity contribution in [1.29, 1.82) is 0 Å². The molecule has 0 amide bonds. The van der Waals surface area contributed by atoms with Crippen molar-refractivity contribution in [3.05, 3.63) is 16.1 Å². The van der Waals surface area contributed by atoms with Gasteiger partial charge in [-0.3, -0.25) is 4.99 Å².